The molecule has 0 spiro atoms. The zero-order valence-corrected chi connectivity index (χ0v) is 16.6. The number of hydrogen-bond donors (Lipinski definition) is 1. The van der Waals surface area contributed by atoms with Gasteiger partial charge in [-0.3, -0.25) is 19.0 Å². The van der Waals surface area contributed by atoms with Crippen LogP contribution < -0.4 is 5.69 Å². The maximum Gasteiger partial charge on any atom is 0.343 e. The standard InChI is InChI=1S/C17H15Cl2N3O4S/c1-22-16(26)20-21-17(22)27-7-9-10(18)6-5-8(14(9)19)15(25)13-11(23)3-2-4-12(13)24/h5-6,13H,2-4,7H2,1H3,(H,20,26). The summed E-state index contributed by atoms with van der Waals surface area (Å²) in [7, 11) is 1.57. The van der Waals surface area contributed by atoms with Gasteiger partial charge in [0.2, 0.25) is 0 Å². The molecule has 1 heterocycles. The second kappa shape index (κ2) is 8.00. The lowest BCUT2D eigenvalue weighted by molar-refractivity contribution is -0.133. The van der Waals surface area contributed by atoms with E-state index in [1.807, 2.05) is 0 Å². The quantitative estimate of drug-likeness (QED) is 0.447. The van der Waals surface area contributed by atoms with Gasteiger partial charge in [0, 0.05) is 41.8 Å². The average Bonchev–Trinajstić information content (AvgIpc) is 2.93. The average molecular weight is 428 g/mol. The van der Waals surface area contributed by atoms with E-state index < -0.39 is 11.7 Å². The number of thioether (sulfide) groups is 1. The number of hydrogen-bond acceptors (Lipinski definition) is 6. The number of benzene rings is 1. The summed E-state index contributed by atoms with van der Waals surface area (Å²) in [6.45, 7) is 0. The summed E-state index contributed by atoms with van der Waals surface area (Å²) < 4.78 is 1.33. The van der Waals surface area contributed by atoms with E-state index in [9.17, 15) is 19.2 Å². The molecule has 0 radical (unpaired) electrons. The number of Topliss-reactive ketones (excluding diaryl/α,β-unsaturated/α-hetero) is 3. The van der Waals surface area contributed by atoms with Crippen LogP contribution in [-0.4, -0.2) is 32.1 Å². The number of H-pyrrole nitrogens is 1. The minimum atomic E-state index is -1.29. The molecule has 0 aliphatic heterocycles. The Morgan fingerprint density at radius 2 is 1.93 bits per heavy atom. The number of halogens is 2. The third kappa shape index (κ3) is 3.88. The molecule has 1 N–H and O–H groups in total. The molecular formula is C17H15Cl2N3O4S. The van der Waals surface area contributed by atoms with E-state index in [2.05, 4.69) is 10.2 Å². The fourth-order valence-electron chi connectivity index (χ4n) is 2.87. The molecule has 2 aromatic rings. The molecule has 142 valence electrons. The van der Waals surface area contributed by atoms with Crippen LogP contribution in [0.5, 0.6) is 0 Å². The first-order valence-electron chi connectivity index (χ1n) is 8.12. The minimum Gasteiger partial charge on any atom is -0.298 e. The minimum absolute atomic E-state index is 0.0983. The summed E-state index contributed by atoms with van der Waals surface area (Å²) in [5.74, 6) is -2.37. The fourth-order valence-corrected chi connectivity index (χ4v) is 4.59. The molecule has 10 heteroatoms. The van der Waals surface area contributed by atoms with Gasteiger partial charge in [0.15, 0.2) is 22.5 Å². The van der Waals surface area contributed by atoms with Crippen molar-refractivity contribution in [3.8, 4) is 0 Å². The largest absolute Gasteiger partial charge is 0.343 e. The zero-order chi connectivity index (χ0) is 19.7. The summed E-state index contributed by atoms with van der Waals surface area (Å²) in [6.07, 6.45) is 0.895. The predicted molar refractivity (Wildman–Crippen MR) is 102 cm³/mol. The van der Waals surface area contributed by atoms with Crippen molar-refractivity contribution in [2.45, 2.75) is 30.2 Å². The van der Waals surface area contributed by atoms with Gasteiger partial charge in [-0.25, -0.2) is 9.89 Å². The lowest BCUT2D eigenvalue weighted by Crippen LogP contribution is -2.35. The van der Waals surface area contributed by atoms with Crippen molar-refractivity contribution in [2.24, 2.45) is 13.0 Å². The highest BCUT2D eigenvalue weighted by molar-refractivity contribution is 7.98. The molecular weight excluding hydrogens is 413 g/mol. The molecule has 27 heavy (non-hydrogen) atoms. The highest BCUT2D eigenvalue weighted by atomic mass is 35.5. The molecule has 0 unspecified atom stereocenters. The highest BCUT2D eigenvalue weighted by Gasteiger charge is 2.37. The number of nitrogens with one attached hydrogen (secondary N) is 1. The Labute approximate surface area is 168 Å². The molecule has 1 aliphatic rings. The Balaban J connectivity index is 1.90. The van der Waals surface area contributed by atoms with Gasteiger partial charge in [-0.05, 0) is 18.6 Å². The number of ketones is 3. The molecule has 1 aromatic heterocycles. The Bertz CT molecular complexity index is 983. The highest BCUT2D eigenvalue weighted by Crippen LogP contribution is 2.35. The van der Waals surface area contributed by atoms with E-state index in [0.717, 1.165) is 0 Å². The first-order valence-corrected chi connectivity index (χ1v) is 9.86. The van der Waals surface area contributed by atoms with Crippen LogP contribution in [-0.2, 0) is 22.4 Å². The van der Waals surface area contributed by atoms with Gasteiger partial charge in [-0.1, -0.05) is 35.0 Å². The second-order valence-electron chi connectivity index (χ2n) is 6.13. The van der Waals surface area contributed by atoms with Gasteiger partial charge in [0.1, 0.15) is 5.92 Å². The third-order valence-electron chi connectivity index (χ3n) is 4.39. The van der Waals surface area contributed by atoms with Crippen molar-refractivity contribution in [3.63, 3.8) is 0 Å². The first-order chi connectivity index (χ1) is 12.8. The monoisotopic (exact) mass is 427 g/mol. The maximum absolute atomic E-state index is 12.8. The smallest absolute Gasteiger partial charge is 0.298 e. The molecule has 0 saturated heterocycles. The van der Waals surface area contributed by atoms with Crippen LogP contribution >= 0.6 is 35.0 Å². The fraction of sp³-hybridized carbons (Fsp3) is 0.353. The Hall–Kier alpha value is -1.90. The molecule has 7 nitrogen and oxygen atoms in total. The SMILES string of the molecule is Cn1c(SCc2c(Cl)ccc(C(=O)C3C(=O)CCCC3=O)c2Cl)n[nH]c1=O. The molecule has 1 saturated carbocycles. The summed E-state index contributed by atoms with van der Waals surface area (Å²) in [5, 5.41) is 7.09. The normalized spacial score (nSPS) is 15.4. The van der Waals surface area contributed by atoms with E-state index in [-0.39, 0.29) is 46.4 Å². The van der Waals surface area contributed by atoms with Crippen molar-refractivity contribution >= 4 is 52.3 Å². The number of aromatic nitrogens is 3. The van der Waals surface area contributed by atoms with E-state index >= 15 is 0 Å². The van der Waals surface area contributed by atoms with Crippen LogP contribution in [0.2, 0.25) is 10.0 Å². The Morgan fingerprint density at radius 3 is 2.52 bits per heavy atom. The number of nitrogens with zero attached hydrogens (tertiary/aromatic N) is 2. The summed E-state index contributed by atoms with van der Waals surface area (Å²) in [5.41, 5.74) is 0.217. The summed E-state index contributed by atoms with van der Waals surface area (Å²) >= 11 is 13.8. The van der Waals surface area contributed by atoms with Gasteiger partial charge in [-0.2, -0.15) is 0 Å². The van der Waals surface area contributed by atoms with Crippen LogP contribution in [0, 0.1) is 5.92 Å². The van der Waals surface area contributed by atoms with E-state index in [1.54, 1.807) is 7.05 Å². The third-order valence-corrected chi connectivity index (χ3v) is 6.23. The van der Waals surface area contributed by atoms with Gasteiger partial charge in [0.25, 0.3) is 0 Å². The first kappa shape index (κ1) is 19.9. The van der Waals surface area contributed by atoms with Crippen molar-refractivity contribution < 1.29 is 14.4 Å². The molecule has 0 atom stereocenters. The van der Waals surface area contributed by atoms with E-state index in [0.29, 0.717) is 22.2 Å². The molecule has 0 bridgehead atoms. The van der Waals surface area contributed by atoms with Crippen LogP contribution in [0.4, 0.5) is 0 Å². The van der Waals surface area contributed by atoms with Crippen molar-refractivity contribution in [1.29, 1.82) is 0 Å². The van der Waals surface area contributed by atoms with Crippen LogP contribution in [0.15, 0.2) is 22.1 Å². The number of rotatable bonds is 5. The number of carbonyl (C=O) groups is 3. The molecule has 1 aliphatic carbocycles. The second-order valence-corrected chi connectivity index (χ2v) is 7.86. The van der Waals surface area contributed by atoms with Crippen LogP contribution in [0.25, 0.3) is 0 Å². The van der Waals surface area contributed by atoms with Gasteiger partial charge >= 0.3 is 5.69 Å². The van der Waals surface area contributed by atoms with Crippen molar-refractivity contribution in [3.05, 3.63) is 43.8 Å². The zero-order valence-electron chi connectivity index (χ0n) is 14.3. The van der Waals surface area contributed by atoms with E-state index in [4.69, 9.17) is 23.2 Å². The van der Waals surface area contributed by atoms with E-state index in [1.165, 1.54) is 28.5 Å². The van der Waals surface area contributed by atoms with Crippen LogP contribution in [0.3, 0.4) is 0 Å². The number of carbonyl (C=O) groups excluding carboxylic acids is 3. The lowest BCUT2D eigenvalue weighted by Gasteiger charge is -2.19. The Morgan fingerprint density at radius 1 is 1.26 bits per heavy atom. The molecule has 1 aromatic carbocycles. The van der Waals surface area contributed by atoms with Crippen molar-refractivity contribution in [2.75, 3.05) is 0 Å². The van der Waals surface area contributed by atoms with Crippen molar-refractivity contribution in [1.82, 2.24) is 14.8 Å². The molecule has 3 rings (SSSR count). The molecule has 0 amide bonds. The van der Waals surface area contributed by atoms with Gasteiger partial charge in [-0.15, -0.1) is 5.10 Å². The number of aromatic amines is 1. The maximum atomic E-state index is 12.8. The topological polar surface area (TPSA) is 102 Å². The van der Waals surface area contributed by atoms with Gasteiger partial charge < -0.3 is 0 Å². The Kier molecular flexibility index (Phi) is 5.88. The predicted octanol–water partition coefficient (Wildman–Crippen LogP) is 2.83. The lowest BCUT2D eigenvalue weighted by atomic mass is 9.81. The van der Waals surface area contributed by atoms with Crippen LogP contribution in [0.1, 0.15) is 35.2 Å². The summed E-state index contributed by atoms with van der Waals surface area (Å²) in [4.78, 5) is 48.4. The summed E-state index contributed by atoms with van der Waals surface area (Å²) in [6, 6.07) is 2.94. The van der Waals surface area contributed by atoms with Gasteiger partial charge in [0.05, 0.1) is 5.02 Å². The molecule has 1 fully saturated rings.